The molecule has 0 spiro atoms. The lowest BCUT2D eigenvalue weighted by Gasteiger charge is -2.22. The van der Waals surface area contributed by atoms with Gasteiger partial charge in [0, 0.05) is 30.3 Å². The lowest BCUT2D eigenvalue weighted by Crippen LogP contribution is -2.33. The van der Waals surface area contributed by atoms with Gasteiger partial charge in [-0.3, -0.25) is 19.6 Å². The van der Waals surface area contributed by atoms with Gasteiger partial charge in [0.1, 0.15) is 0 Å². The van der Waals surface area contributed by atoms with Crippen LogP contribution in [0.5, 0.6) is 0 Å². The predicted molar refractivity (Wildman–Crippen MR) is 113 cm³/mol. The van der Waals surface area contributed by atoms with Crippen LogP contribution >= 0.6 is 0 Å². The molecule has 2 aromatic rings. The number of hydrogen-bond donors (Lipinski definition) is 1. The summed E-state index contributed by atoms with van der Waals surface area (Å²) in [5.74, 6) is 0.157. The molecular formula is C21H23N3O5S. The van der Waals surface area contributed by atoms with Crippen LogP contribution in [0.25, 0.3) is 0 Å². The first-order valence-corrected chi connectivity index (χ1v) is 11.5. The van der Waals surface area contributed by atoms with Crippen LogP contribution < -0.4 is 9.62 Å². The van der Waals surface area contributed by atoms with Crippen molar-refractivity contribution in [2.75, 3.05) is 16.2 Å². The summed E-state index contributed by atoms with van der Waals surface area (Å²) >= 11 is 0. The number of non-ortho nitro benzene ring substituents is 1. The summed E-state index contributed by atoms with van der Waals surface area (Å²) in [6.07, 6.45) is 4.69. The molecular weight excluding hydrogens is 406 g/mol. The van der Waals surface area contributed by atoms with E-state index in [9.17, 15) is 23.3 Å². The average molecular weight is 429 g/mol. The van der Waals surface area contributed by atoms with E-state index < -0.39 is 14.9 Å². The van der Waals surface area contributed by atoms with Crippen LogP contribution in [0.1, 0.15) is 36.8 Å². The number of amides is 1. The van der Waals surface area contributed by atoms with E-state index in [0.717, 1.165) is 49.4 Å². The molecule has 1 fully saturated rings. The van der Waals surface area contributed by atoms with E-state index in [1.807, 2.05) is 6.07 Å². The van der Waals surface area contributed by atoms with Crippen LogP contribution in [0.4, 0.5) is 17.1 Å². The number of benzene rings is 2. The maximum Gasteiger partial charge on any atom is 0.270 e. The van der Waals surface area contributed by atoms with Gasteiger partial charge in [-0.1, -0.05) is 25.0 Å². The first-order chi connectivity index (χ1) is 14.3. The highest BCUT2D eigenvalue weighted by molar-refractivity contribution is 7.92. The predicted octanol–water partition coefficient (Wildman–Crippen LogP) is 3.78. The summed E-state index contributed by atoms with van der Waals surface area (Å²) in [5, 5.41) is 11.0. The molecule has 9 heteroatoms. The number of sulfonamides is 1. The fourth-order valence-corrected chi connectivity index (χ4v) is 5.58. The summed E-state index contributed by atoms with van der Waals surface area (Å²) in [4.78, 5) is 24.9. The van der Waals surface area contributed by atoms with E-state index in [0.29, 0.717) is 17.8 Å². The Morgan fingerprint density at radius 3 is 2.60 bits per heavy atom. The second-order valence-corrected chi connectivity index (χ2v) is 9.53. The Morgan fingerprint density at radius 1 is 1.17 bits per heavy atom. The maximum atomic E-state index is 12.9. The number of nitrogens with zero attached hydrogens (tertiary/aromatic N) is 2. The van der Waals surface area contributed by atoms with Gasteiger partial charge in [-0.2, -0.15) is 0 Å². The van der Waals surface area contributed by atoms with Gasteiger partial charge in [0.05, 0.1) is 15.5 Å². The molecule has 1 saturated carbocycles. The monoisotopic (exact) mass is 429 g/mol. The number of hydrogen-bond acceptors (Lipinski definition) is 5. The SMILES string of the molecule is Cc1ccc([N+](=O)[O-])cc1S(=O)(=O)Nc1ccc2c(c1)N(C(=O)C1CCCC1)CC2. The molecule has 2 aromatic carbocycles. The molecule has 1 heterocycles. The Bertz CT molecular complexity index is 1120. The van der Waals surface area contributed by atoms with E-state index in [1.165, 1.54) is 12.1 Å². The molecule has 1 aliphatic carbocycles. The number of aryl methyl sites for hydroxylation is 1. The van der Waals surface area contributed by atoms with E-state index in [-0.39, 0.29) is 22.4 Å². The second-order valence-electron chi connectivity index (χ2n) is 7.88. The summed E-state index contributed by atoms with van der Waals surface area (Å²) in [5.41, 5.74) is 2.19. The molecule has 0 aromatic heterocycles. The third-order valence-corrected chi connectivity index (χ3v) is 7.40. The van der Waals surface area contributed by atoms with Crippen molar-refractivity contribution < 1.29 is 18.1 Å². The van der Waals surface area contributed by atoms with Gasteiger partial charge in [-0.15, -0.1) is 0 Å². The number of carbonyl (C=O) groups is 1. The molecule has 4 rings (SSSR count). The van der Waals surface area contributed by atoms with Crippen molar-refractivity contribution in [3.8, 4) is 0 Å². The minimum Gasteiger partial charge on any atom is -0.312 e. The minimum absolute atomic E-state index is 0.0452. The van der Waals surface area contributed by atoms with Gasteiger partial charge in [-0.25, -0.2) is 8.42 Å². The Balaban J connectivity index is 1.62. The summed E-state index contributed by atoms with van der Waals surface area (Å²) in [7, 11) is -4.03. The van der Waals surface area contributed by atoms with Gasteiger partial charge >= 0.3 is 0 Å². The average Bonchev–Trinajstić information content (AvgIpc) is 3.37. The van der Waals surface area contributed by atoms with Gasteiger partial charge in [0.25, 0.3) is 15.7 Å². The highest BCUT2D eigenvalue weighted by Crippen LogP contribution is 2.36. The standard InChI is InChI=1S/C21H23N3O5S/c1-14-6-9-18(24(26)27)13-20(14)30(28,29)22-17-8-7-15-10-11-23(19(15)12-17)21(25)16-4-2-3-5-16/h6-9,12-13,16,22H,2-5,10-11H2,1H3. The van der Waals surface area contributed by atoms with E-state index in [2.05, 4.69) is 4.72 Å². The second kappa shape index (κ2) is 7.71. The molecule has 0 unspecified atom stereocenters. The van der Waals surface area contributed by atoms with E-state index in [1.54, 1.807) is 24.0 Å². The number of anilines is 2. The van der Waals surface area contributed by atoms with Crippen molar-refractivity contribution >= 4 is 33.0 Å². The van der Waals surface area contributed by atoms with Crippen LogP contribution in [-0.4, -0.2) is 25.8 Å². The third-order valence-electron chi connectivity index (χ3n) is 5.88. The molecule has 8 nitrogen and oxygen atoms in total. The molecule has 0 bridgehead atoms. The molecule has 1 aliphatic heterocycles. The quantitative estimate of drug-likeness (QED) is 0.574. The fourth-order valence-electron chi connectivity index (χ4n) is 4.27. The Kier molecular flexibility index (Phi) is 5.23. The summed E-state index contributed by atoms with van der Waals surface area (Å²) in [6.45, 7) is 2.19. The lowest BCUT2D eigenvalue weighted by atomic mass is 10.1. The molecule has 0 atom stereocenters. The Morgan fingerprint density at radius 2 is 1.90 bits per heavy atom. The molecule has 1 N–H and O–H groups in total. The first-order valence-electron chi connectivity index (χ1n) is 9.98. The zero-order valence-electron chi connectivity index (χ0n) is 16.6. The van der Waals surface area contributed by atoms with Crippen molar-refractivity contribution in [1.82, 2.24) is 0 Å². The van der Waals surface area contributed by atoms with Crippen LogP contribution in [0.3, 0.4) is 0 Å². The molecule has 0 radical (unpaired) electrons. The number of nitro benzene ring substituents is 1. The minimum atomic E-state index is -4.03. The molecule has 30 heavy (non-hydrogen) atoms. The van der Waals surface area contributed by atoms with Gasteiger partial charge < -0.3 is 4.90 Å². The number of nitrogens with one attached hydrogen (secondary N) is 1. The summed E-state index contributed by atoms with van der Waals surface area (Å²) < 4.78 is 28.3. The highest BCUT2D eigenvalue weighted by Gasteiger charge is 2.32. The van der Waals surface area contributed by atoms with Crippen molar-refractivity contribution in [2.45, 2.75) is 43.9 Å². The molecule has 1 amide bonds. The zero-order valence-corrected chi connectivity index (χ0v) is 17.4. The number of nitro groups is 1. The Hall–Kier alpha value is -2.94. The van der Waals surface area contributed by atoms with Gasteiger partial charge in [-0.05, 0) is 49.4 Å². The van der Waals surface area contributed by atoms with Crippen LogP contribution in [-0.2, 0) is 21.2 Å². The van der Waals surface area contributed by atoms with Crippen molar-refractivity contribution in [1.29, 1.82) is 0 Å². The normalized spacial score (nSPS) is 16.5. The third kappa shape index (κ3) is 3.77. The molecule has 158 valence electrons. The van der Waals surface area contributed by atoms with Crippen molar-refractivity contribution in [2.24, 2.45) is 5.92 Å². The Labute approximate surface area is 175 Å². The van der Waals surface area contributed by atoms with Crippen molar-refractivity contribution in [3.05, 3.63) is 57.6 Å². The first kappa shape index (κ1) is 20.3. The van der Waals surface area contributed by atoms with Crippen molar-refractivity contribution in [3.63, 3.8) is 0 Å². The molecule has 0 saturated heterocycles. The van der Waals surface area contributed by atoms with Gasteiger partial charge in [0.15, 0.2) is 0 Å². The fraction of sp³-hybridized carbons (Fsp3) is 0.381. The number of carbonyl (C=O) groups excluding carboxylic acids is 1. The zero-order chi connectivity index (χ0) is 21.5. The maximum absolute atomic E-state index is 12.9. The topological polar surface area (TPSA) is 110 Å². The largest absolute Gasteiger partial charge is 0.312 e. The number of fused-ring (bicyclic) bond motifs is 1. The summed E-state index contributed by atoms with van der Waals surface area (Å²) in [6, 6.07) is 8.91. The van der Waals surface area contributed by atoms with E-state index in [4.69, 9.17) is 0 Å². The van der Waals surface area contributed by atoms with Crippen LogP contribution in [0, 0.1) is 23.0 Å². The van der Waals surface area contributed by atoms with Crippen LogP contribution in [0.15, 0.2) is 41.3 Å². The van der Waals surface area contributed by atoms with Gasteiger partial charge in [0.2, 0.25) is 5.91 Å². The molecule has 2 aliphatic rings. The lowest BCUT2D eigenvalue weighted by molar-refractivity contribution is -0.385. The smallest absolute Gasteiger partial charge is 0.270 e. The highest BCUT2D eigenvalue weighted by atomic mass is 32.2. The van der Waals surface area contributed by atoms with Crippen LogP contribution in [0.2, 0.25) is 0 Å². The van der Waals surface area contributed by atoms with E-state index >= 15 is 0 Å². The number of rotatable bonds is 5.